The number of carbonyl (C=O) groups is 3. The lowest BCUT2D eigenvalue weighted by atomic mass is 9.76. The zero-order valence-electron chi connectivity index (χ0n) is 31.4. The molecule has 10 heteroatoms. The van der Waals surface area contributed by atoms with Gasteiger partial charge in [0.2, 0.25) is 5.78 Å². The summed E-state index contributed by atoms with van der Waals surface area (Å²) in [6.45, 7) is 18.0. The van der Waals surface area contributed by atoms with Crippen LogP contribution in [0.15, 0.2) is 78.1 Å². The van der Waals surface area contributed by atoms with Crippen LogP contribution in [0.5, 0.6) is 23.0 Å². The predicted molar refractivity (Wildman–Crippen MR) is 209 cm³/mol. The molecule has 3 aliphatic rings. The molecule has 1 fully saturated rings. The van der Waals surface area contributed by atoms with Gasteiger partial charge in [0.15, 0.2) is 0 Å². The van der Waals surface area contributed by atoms with Gasteiger partial charge in [-0.15, -0.1) is 6.58 Å². The Labute approximate surface area is 313 Å². The van der Waals surface area contributed by atoms with E-state index in [4.69, 9.17) is 4.74 Å². The normalized spacial score (nSPS) is 18.0. The van der Waals surface area contributed by atoms with Crippen molar-refractivity contribution in [2.45, 2.75) is 72.4 Å². The van der Waals surface area contributed by atoms with Gasteiger partial charge < -0.3 is 35.7 Å². The molecule has 1 atom stereocenters. The van der Waals surface area contributed by atoms with E-state index in [2.05, 4.69) is 74.2 Å². The highest BCUT2D eigenvalue weighted by molar-refractivity contribution is 6.23. The van der Waals surface area contributed by atoms with Crippen LogP contribution in [0, 0.1) is 6.92 Å². The van der Waals surface area contributed by atoms with Crippen LogP contribution in [0.3, 0.4) is 0 Å². The number of fused-ring (bicyclic) bond motifs is 3. The molecule has 2 amide bonds. The number of nitrogens with one attached hydrogen (secondary N) is 3. The van der Waals surface area contributed by atoms with E-state index in [0.717, 1.165) is 45.8 Å². The van der Waals surface area contributed by atoms with Gasteiger partial charge in [0, 0.05) is 44.8 Å². The Morgan fingerprint density at radius 2 is 1.59 bits per heavy atom. The molecule has 3 aromatic carbocycles. The Morgan fingerprint density at radius 1 is 0.907 bits per heavy atom. The molecule has 54 heavy (non-hydrogen) atoms. The van der Waals surface area contributed by atoms with Gasteiger partial charge in [-0.1, -0.05) is 49.3 Å². The first-order valence-electron chi connectivity index (χ1n) is 17.8. The SMILES string of the molecule is C=CC(C)(C)c1[nH]c2c(CC=C(C)C)cc(CC=C(C)C)cc2c1/C=C1\NC(=O)[C@]2(C=C3c4cc(O)cc(O)c4C(=O)c4c(O)cc(C)c(c43)O2)NC1=O. The van der Waals surface area contributed by atoms with Crippen LogP contribution < -0.4 is 15.4 Å². The average Bonchev–Trinajstić information content (AvgIpc) is 3.47. The summed E-state index contributed by atoms with van der Waals surface area (Å²) in [4.78, 5) is 45.8. The zero-order chi connectivity index (χ0) is 39.0. The molecule has 3 heterocycles. The second kappa shape index (κ2) is 12.7. The van der Waals surface area contributed by atoms with E-state index in [1.165, 1.54) is 29.4 Å². The van der Waals surface area contributed by atoms with E-state index < -0.39 is 34.5 Å². The van der Waals surface area contributed by atoms with Crippen molar-refractivity contribution >= 4 is 40.1 Å². The van der Waals surface area contributed by atoms with Crippen LogP contribution in [0.1, 0.15) is 96.5 Å². The summed E-state index contributed by atoms with van der Waals surface area (Å²) < 4.78 is 6.31. The minimum atomic E-state index is -2.09. The Bertz CT molecular complexity index is 2500. The molecule has 2 aliphatic heterocycles. The molecular formula is C44H43N3O7. The molecule has 276 valence electrons. The summed E-state index contributed by atoms with van der Waals surface area (Å²) in [6, 6.07) is 7.96. The maximum absolute atomic E-state index is 14.3. The third-order valence-corrected chi connectivity index (χ3v) is 10.3. The number of phenols is 3. The standard InChI is InChI=1S/C44H43N3O7/c1-9-43(7,8)40-29(28-16-24(12-10-21(2)3)15-25(37(28)46-40)13-11-22(4)5)19-31-41(52)47-44(42(53)45-31)20-30-27-17-26(48)18-33(50)34(27)38(51)36-32(49)14-23(6)39(54-44)35(30)36/h9-11,14-20,46,48-50H,1,12-13H2,2-8H3,(H,45,53)(H,47,52)/b31-19-/t44-/m1/s1. The highest BCUT2D eigenvalue weighted by Crippen LogP contribution is 2.52. The number of aromatic nitrogens is 1. The van der Waals surface area contributed by atoms with Gasteiger partial charge in [0.1, 0.15) is 28.7 Å². The number of rotatable bonds is 7. The summed E-state index contributed by atoms with van der Waals surface area (Å²) in [5.41, 5.74) is 5.01. The molecule has 0 radical (unpaired) electrons. The van der Waals surface area contributed by atoms with Gasteiger partial charge in [0.25, 0.3) is 17.5 Å². The summed E-state index contributed by atoms with van der Waals surface area (Å²) in [7, 11) is 0. The van der Waals surface area contributed by atoms with Crippen LogP contribution in [0.2, 0.25) is 0 Å². The van der Waals surface area contributed by atoms with Crippen molar-refractivity contribution in [1.29, 1.82) is 0 Å². The number of aromatic amines is 1. The van der Waals surface area contributed by atoms with E-state index >= 15 is 0 Å². The molecule has 4 aromatic rings. The van der Waals surface area contributed by atoms with E-state index in [1.54, 1.807) is 13.0 Å². The minimum Gasteiger partial charge on any atom is -0.508 e. The largest absolute Gasteiger partial charge is 0.508 e. The smallest absolute Gasteiger partial charge is 0.294 e. The van der Waals surface area contributed by atoms with E-state index in [0.29, 0.717) is 12.0 Å². The molecule has 1 aliphatic carbocycles. The molecule has 1 aromatic heterocycles. The number of benzene rings is 3. The summed E-state index contributed by atoms with van der Waals surface area (Å²) in [5.74, 6) is -3.12. The van der Waals surface area contributed by atoms with Gasteiger partial charge >= 0.3 is 0 Å². The predicted octanol–water partition coefficient (Wildman–Crippen LogP) is 7.43. The number of piperazine rings is 1. The number of amides is 2. The summed E-state index contributed by atoms with van der Waals surface area (Å²) in [5, 5.41) is 38.6. The Kier molecular flexibility index (Phi) is 8.48. The highest BCUT2D eigenvalue weighted by atomic mass is 16.5. The van der Waals surface area contributed by atoms with Gasteiger partial charge in [-0.05, 0) is 100 Å². The maximum atomic E-state index is 14.3. The summed E-state index contributed by atoms with van der Waals surface area (Å²) >= 11 is 0. The van der Waals surface area contributed by atoms with Gasteiger partial charge in [-0.2, -0.15) is 0 Å². The highest BCUT2D eigenvalue weighted by Gasteiger charge is 2.51. The average molecular weight is 726 g/mol. The van der Waals surface area contributed by atoms with Crippen molar-refractivity contribution < 1.29 is 34.4 Å². The number of ether oxygens (including phenoxy) is 1. The lowest BCUT2D eigenvalue weighted by Gasteiger charge is -2.41. The number of phenolic OH excluding ortho intramolecular Hbond substituents is 3. The minimum absolute atomic E-state index is 0.0152. The number of hydrogen-bond donors (Lipinski definition) is 6. The second-order valence-electron chi connectivity index (χ2n) is 15.4. The molecule has 7 rings (SSSR count). The Morgan fingerprint density at radius 3 is 2.28 bits per heavy atom. The molecule has 0 unspecified atom stereocenters. The van der Waals surface area contributed by atoms with Crippen molar-refractivity contribution in [2.75, 3.05) is 0 Å². The quantitative estimate of drug-likeness (QED) is 0.0752. The van der Waals surface area contributed by atoms with Gasteiger partial charge in [0.05, 0.1) is 11.1 Å². The van der Waals surface area contributed by atoms with Crippen molar-refractivity contribution in [3.63, 3.8) is 0 Å². The molecule has 10 nitrogen and oxygen atoms in total. The van der Waals surface area contributed by atoms with Crippen molar-refractivity contribution in [3.8, 4) is 23.0 Å². The second-order valence-corrected chi connectivity index (χ2v) is 15.4. The number of carbonyl (C=O) groups excluding carboxylic acids is 3. The molecule has 1 spiro atoms. The van der Waals surface area contributed by atoms with Crippen LogP contribution in [-0.2, 0) is 27.8 Å². The number of hydrogen-bond acceptors (Lipinski definition) is 7. The maximum Gasteiger partial charge on any atom is 0.294 e. The first kappa shape index (κ1) is 36.1. The fourth-order valence-electron chi connectivity index (χ4n) is 7.38. The van der Waals surface area contributed by atoms with E-state index in [9.17, 15) is 29.7 Å². The molecule has 6 N–H and O–H groups in total. The third kappa shape index (κ3) is 5.78. The number of H-pyrrole nitrogens is 1. The number of allylic oxidation sites excluding steroid dienone is 5. The lowest BCUT2D eigenvalue weighted by Crippen LogP contribution is -2.67. The Hall–Kier alpha value is -6.29. The van der Waals surface area contributed by atoms with E-state index in [1.807, 2.05) is 19.9 Å². The first-order chi connectivity index (χ1) is 25.4. The number of aryl methyl sites for hydroxylation is 1. The number of aromatic hydroxyl groups is 3. The van der Waals surface area contributed by atoms with Crippen molar-refractivity contribution in [2.24, 2.45) is 0 Å². The van der Waals surface area contributed by atoms with Gasteiger partial charge in [-0.25, -0.2) is 0 Å². The third-order valence-electron chi connectivity index (χ3n) is 10.3. The van der Waals surface area contributed by atoms with Crippen molar-refractivity contribution in [1.82, 2.24) is 15.6 Å². The number of ketones is 1. The molecule has 0 saturated carbocycles. The monoisotopic (exact) mass is 725 g/mol. The van der Waals surface area contributed by atoms with Crippen LogP contribution >= 0.6 is 0 Å². The lowest BCUT2D eigenvalue weighted by molar-refractivity contribution is -0.144. The molecular weight excluding hydrogens is 682 g/mol. The fourth-order valence-corrected chi connectivity index (χ4v) is 7.38. The van der Waals surface area contributed by atoms with E-state index in [-0.39, 0.29) is 50.8 Å². The van der Waals surface area contributed by atoms with Gasteiger partial charge in [-0.3, -0.25) is 14.4 Å². The van der Waals surface area contributed by atoms with Crippen molar-refractivity contribution in [3.05, 3.63) is 128 Å². The van der Waals surface area contributed by atoms with Crippen LogP contribution in [-0.4, -0.2) is 43.6 Å². The first-order valence-corrected chi connectivity index (χ1v) is 17.8. The Balaban J connectivity index is 1.39. The fraction of sp³-hybridized carbons (Fsp3) is 0.250. The van der Waals surface area contributed by atoms with Crippen LogP contribution in [0.4, 0.5) is 0 Å². The molecule has 1 saturated heterocycles. The molecule has 0 bridgehead atoms. The van der Waals surface area contributed by atoms with Crippen LogP contribution in [0.25, 0.3) is 22.6 Å². The summed E-state index contributed by atoms with van der Waals surface area (Å²) in [6.07, 6.45) is 10.6. The topological polar surface area (TPSA) is 161 Å². The zero-order valence-corrected chi connectivity index (χ0v) is 31.4.